The van der Waals surface area contributed by atoms with E-state index in [0.717, 1.165) is 49.5 Å². The number of nitrogens with zero attached hydrogens (tertiary/aromatic N) is 2. The Morgan fingerprint density at radius 2 is 1.84 bits per heavy atom. The predicted molar refractivity (Wildman–Crippen MR) is 117 cm³/mol. The molecule has 0 unspecified atom stereocenters. The number of fused-ring (bicyclic) bond motifs is 1. The van der Waals surface area contributed by atoms with Crippen LogP contribution in [0.15, 0.2) is 53.3 Å². The summed E-state index contributed by atoms with van der Waals surface area (Å²) < 4.78 is 12.3. The number of aromatic nitrogens is 2. The Bertz CT molecular complexity index is 1100. The molecule has 0 bridgehead atoms. The normalized spacial score (nSPS) is 14.5. The fourth-order valence-corrected chi connectivity index (χ4v) is 3.71. The van der Waals surface area contributed by atoms with Crippen LogP contribution in [0.5, 0.6) is 5.75 Å². The van der Waals surface area contributed by atoms with Crippen molar-refractivity contribution in [1.29, 1.82) is 0 Å². The smallest absolute Gasteiger partial charge is 0.274 e. The van der Waals surface area contributed by atoms with Crippen LogP contribution in [0.25, 0.3) is 22.0 Å². The molecule has 1 amide bonds. The molecule has 0 spiro atoms. The zero-order valence-corrected chi connectivity index (χ0v) is 17.6. The van der Waals surface area contributed by atoms with Crippen molar-refractivity contribution in [3.63, 3.8) is 0 Å². The monoisotopic (exact) mass is 423 g/mol. The number of hydrogen-bond acceptors (Lipinski definition) is 5. The molecule has 2 N–H and O–H groups in total. The van der Waals surface area contributed by atoms with E-state index in [4.69, 9.17) is 9.47 Å². The maximum atomic E-state index is 12.3. The molecule has 0 radical (unpaired) electrons. The van der Waals surface area contributed by atoms with Gasteiger partial charge in [-0.15, -0.1) is 0 Å². The van der Waals surface area contributed by atoms with Crippen LogP contribution in [0, 0.1) is 0 Å². The van der Waals surface area contributed by atoms with Crippen molar-refractivity contribution >= 4 is 16.7 Å². The van der Waals surface area contributed by atoms with Crippen LogP contribution in [0.3, 0.4) is 0 Å². The second kappa shape index (κ2) is 9.72. The summed E-state index contributed by atoms with van der Waals surface area (Å²) in [4.78, 5) is 25.8. The van der Waals surface area contributed by atoms with Crippen LogP contribution in [0.2, 0.25) is 0 Å². The lowest BCUT2D eigenvalue weighted by atomic mass is 10.1. The molecule has 1 saturated heterocycles. The number of ether oxygens (including phenoxy) is 2. The van der Waals surface area contributed by atoms with Gasteiger partial charge in [-0.25, -0.2) is 4.68 Å². The molecule has 4 rings (SSSR count). The molecule has 0 atom stereocenters. The molecule has 8 nitrogen and oxygen atoms in total. The highest BCUT2D eigenvalue weighted by Gasteiger charge is 2.14. The van der Waals surface area contributed by atoms with E-state index in [1.54, 1.807) is 13.1 Å². The molecule has 2 aromatic carbocycles. The number of quaternary nitrogens is 1. The summed E-state index contributed by atoms with van der Waals surface area (Å²) in [5, 5.41) is 8.77. The zero-order valence-electron chi connectivity index (χ0n) is 17.6. The zero-order chi connectivity index (χ0) is 21.6. The van der Waals surface area contributed by atoms with Gasteiger partial charge in [0.1, 0.15) is 18.8 Å². The molecule has 3 aromatic rings. The van der Waals surface area contributed by atoms with Crippen molar-refractivity contribution in [3.05, 3.63) is 58.9 Å². The molecule has 31 heavy (non-hydrogen) atoms. The predicted octanol–water partition coefficient (Wildman–Crippen LogP) is 0.0106. The highest BCUT2D eigenvalue weighted by Crippen LogP contribution is 2.26. The summed E-state index contributed by atoms with van der Waals surface area (Å²) in [6.45, 7) is 5.03. The number of hydrogen-bond donors (Lipinski definition) is 2. The van der Waals surface area contributed by atoms with Gasteiger partial charge in [0.05, 0.1) is 37.4 Å². The Morgan fingerprint density at radius 1 is 1.13 bits per heavy atom. The fourth-order valence-electron chi connectivity index (χ4n) is 3.71. The first kappa shape index (κ1) is 21.0. The van der Waals surface area contributed by atoms with Gasteiger partial charge >= 0.3 is 0 Å². The minimum atomic E-state index is -0.137. The van der Waals surface area contributed by atoms with Crippen LogP contribution in [-0.2, 0) is 16.6 Å². The van der Waals surface area contributed by atoms with E-state index in [1.807, 2.05) is 42.5 Å². The first-order chi connectivity index (χ1) is 15.1. The van der Waals surface area contributed by atoms with E-state index < -0.39 is 0 Å². The molecule has 2 heterocycles. The lowest BCUT2D eigenvalue weighted by Crippen LogP contribution is -3.14. The van der Waals surface area contributed by atoms with E-state index in [0.29, 0.717) is 17.7 Å². The van der Waals surface area contributed by atoms with Gasteiger partial charge in [0.25, 0.3) is 11.5 Å². The van der Waals surface area contributed by atoms with Gasteiger partial charge in [0.2, 0.25) is 0 Å². The number of nitrogens with one attached hydrogen (secondary N) is 2. The summed E-state index contributed by atoms with van der Waals surface area (Å²) in [7, 11) is 1.65. The quantitative estimate of drug-likeness (QED) is 0.559. The summed E-state index contributed by atoms with van der Waals surface area (Å²) in [5.41, 5.74) is 1.48. The highest BCUT2D eigenvalue weighted by molar-refractivity contribution is 5.93. The van der Waals surface area contributed by atoms with Gasteiger partial charge in [0, 0.05) is 18.0 Å². The van der Waals surface area contributed by atoms with Crippen molar-refractivity contribution in [2.45, 2.75) is 0 Å². The summed E-state index contributed by atoms with van der Waals surface area (Å²) in [5.74, 6) is 0.467. The van der Waals surface area contributed by atoms with E-state index in [1.165, 1.54) is 9.58 Å². The third-order valence-electron chi connectivity index (χ3n) is 5.45. The topological polar surface area (TPSA) is 86.9 Å². The second-order valence-corrected chi connectivity index (χ2v) is 7.60. The number of carbonyl (C=O) groups excluding carboxylic acids is 1. The lowest BCUT2D eigenvalue weighted by molar-refractivity contribution is -0.906. The van der Waals surface area contributed by atoms with Gasteiger partial charge < -0.3 is 19.7 Å². The van der Waals surface area contributed by atoms with Crippen molar-refractivity contribution < 1.29 is 19.2 Å². The summed E-state index contributed by atoms with van der Waals surface area (Å²) in [6.07, 6.45) is 0. The molecule has 0 aliphatic carbocycles. The van der Waals surface area contributed by atoms with Gasteiger partial charge in [-0.1, -0.05) is 18.2 Å². The van der Waals surface area contributed by atoms with Crippen LogP contribution >= 0.6 is 0 Å². The lowest BCUT2D eigenvalue weighted by Gasteiger charge is -2.23. The highest BCUT2D eigenvalue weighted by atomic mass is 16.5. The third-order valence-corrected chi connectivity index (χ3v) is 5.45. The Kier molecular flexibility index (Phi) is 6.59. The number of benzene rings is 2. The van der Waals surface area contributed by atoms with Crippen LogP contribution < -0.4 is 20.5 Å². The van der Waals surface area contributed by atoms with Gasteiger partial charge in [-0.05, 0) is 30.3 Å². The van der Waals surface area contributed by atoms with Crippen LogP contribution in [-0.4, -0.2) is 61.7 Å². The van der Waals surface area contributed by atoms with Crippen molar-refractivity contribution in [1.82, 2.24) is 15.1 Å². The van der Waals surface area contributed by atoms with E-state index in [-0.39, 0.29) is 18.1 Å². The van der Waals surface area contributed by atoms with Crippen molar-refractivity contribution in [3.8, 4) is 17.0 Å². The molecule has 8 heteroatoms. The number of morpholine rings is 1. The average Bonchev–Trinajstić information content (AvgIpc) is 2.81. The number of rotatable bonds is 7. The van der Waals surface area contributed by atoms with Gasteiger partial charge in [-0.2, -0.15) is 5.10 Å². The Labute approximate surface area is 180 Å². The minimum absolute atomic E-state index is 0.0290. The van der Waals surface area contributed by atoms with Crippen molar-refractivity contribution in [2.24, 2.45) is 7.05 Å². The maximum Gasteiger partial charge on any atom is 0.274 e. The second-order valence-electron chi connectivity index (χ2n) is 7.60. The molecule has 1 aliphatic heterocycles. The molecule has 0 saturated carbocycles. The summed E-state index contributed by atoms with van der Waals surface area (Å²) >= 11 is 0. The standard InChI is InChI=1S/C23H26N4O4/c1-26-23(29)20-5-3-2-4-19(20)22(25-26)17-6-8-18(9-7-17)31-16-21(28)24-10-11-27-12-14-30-15-13-27/h2-9H,10-16H2,1H3,(H,24,28)/p+1. The number of aryl methyl sites for hydroxylation is 1. The number of amides is 1. The van der Waals surface area contributed by atoms with Crippen LogP contribution in [0.1, 0.15) is 0 Å². The van der Waals surface area contributed by atoms with E-state index in [9.17, 15) is 9.59 Å². The molecule has 1 aliphatic rings. The van der Waals surface area contributed by atoms with Crippen molar-refractivity contribution in [2.75, 3.05) is 46.0 Å². The fraction of sp³-hybridized carbons (Fsp3) is 0.348. The van der Waals surface area contributed by atoms with Gasteiger partial charge in [0.15, 0.2) is 6.61 Å². The van der Waals surface area contributed by atoms with Crippen LogP contribution in [0.4, 0.5) is 0 Å². The third kappa shape index (κ3) is 5.10. The Hall–Kier alpha value is -3.23. The molecule has 1 aromatic heterocycles. The molecular weight excluding hydrogens is 396 g/mol. The Balaban J connectivity index is 1.35. The largest absolute Gasteiger partial charge is 0.484 e. The van der Waals surface area contributed by atoms with E-state index in [2.05, 4.69) is 10.4 Å². The number of carbonyl (C=O) groups is 1. The first-order valence-electron chi connectivity index (χ1n) is 10.5. The van der Waals surface area contributed by atoms with E-state index >= 15 is 0 Å². The minimum Gasteiger partial charge on any atom is -0.484 e. The molecule has 1 fully saturated rings. The first-order valence-corrected chi connectivity index (χ1v) is 10.5. The molecule has 162 valence electrons. The maximum absolute atomic E-state index is 12.3. The SMILES string of the molecule is Cn1nc(-c2ccc(OCC(=O)NCC[NH+]3CCOCC3)cc2)c2ccccc2c1=O. The Morgan fingerprint density at radius 3 is 2.58 bits per heavy atom. The van der Waals surface area contributed by atoms with Gasteiger partial charge in [-0.3, -0.25) is 9.59 Å². The summed E-state index contributed by atoms with van der Waals surface area (Å²) in [6, 6.07) is 14.8. The molecular formula is C23H27N4O4+. The average molecular weight is 423 g/mol.